The Labute approximate surface area is 108 Å². The maximum atomic E-state index is 5.43. The molecule has 0 fully saturated rings. The molecule has 0 atom stereocenters. The van der Waals surface area contributed by atoms with Gasteiger partial charge in [-0.15, -0.1) is 0 Å². The number of hydrogen-bond acceptors (Lipinski definition) is 3. The van der Waals surface area contributed by atoms with Crippen molar-refractivity contribution >= 4 is 5.82 Å². The Morgan fingerprint density at radius 2 is 1.83 bits per heavy atom. The van der Waals surface area contributed by atoms with Gasteiger partial charge in [-0.1, -0.05) is 6.07 Å². The second kappa shape index (κ2) is 6.05. The van der Waals surface area contributed by atoms with Crippen molar-refractivity contribution in [3.05, 3.63) is 42.5 Å². The van der Waals surface area contributed by atoms with Gasteiger partial charge in [0, 0.05) is 12.1 Å². The van der Waals surface area contributed by atoms with Crippen LogP contribution < -0.4 is 10.1 Å². The summed E-state index contributed by atoms with van der Waals surface area (Å²) in [5.41, 5.74) is 2.06. The fourth-order valence-corrected chi connectivity index (χ4v) is 1.76. The molecule has 1 N–H and O–H groups in total. The Morgan fingerprint density at radius 1 is 1.06 bits per heavy atom. The molecule has 2 rings (SSSR count). The van der Waals surface area contributed by atoms with E-state index in [9.17, 15) is 0 Å². The van der Waals surface area contributed by atoms with Gasteiger partial charge in [-0.05, 0) is 50.2 Å². The lowest BCUT2D eigenvalue weighted by Gasteiger charge is -2.07. The third-order valence-electron chi connectivity index (χ3n) is 2.57. The lowest BCUT2D eigenvalue weighted by atomic mass is 10.1. The summed E-state index contributed by atoms with van der Waals surface area (Å²) >= 11 is 0. The Hall–Kier alpha value is -2.03. The van der Waals surface area contributed by atoms with E-state index in [4.69, 9.17) is 4.74 Å². The van der Waals surface area contributed by atoms with Crippen LogP contribution in [0.3, 0.4) is 0 Å². The van der Waals surface area contributed by atoms with Crippen LogP contribution in [0.2, 0.25) is 0 Å². The molecule has 0 aliphatic rings. The zero-order chi connectivity index (χ0) is 12.8. The Morgan fingerprint density at radius 3 is 2.50 bits per heavy atom. The highest BCUT2D eigenvalue weighted by molar-refractivity contribution is 5.62. The van der Waals surface area contributed by atoms with Crippen LogP contribution in [0.5, 0.6) is 5.75 Å². The molecule has 2 aromatic rings. The van der Waals surface area contributed by atoms with E-state index in [2.05, 4.69) is 17.2 Å². The molecule has 3 heteroatoms. The first kappa shape index (κ1) is 12.4. The first-order chi connectivity index (χ1) is 8.83. The number of nitrogens with zero attached hydrogens (tertiary/aromatic N) is 1. The second-order valence-corrected chi connectivity index (χ2v) is 3.90. The van der Waals surface area contributed by atoms with Gasteiger partial charge in [0.15, 0.2) is 0 Å². The smallest absolute Gasteiger partial charge is 0.126 e. The average molecular weight is 242 g/mol. The largest absolute Gasteiger partial charge is 0.494 e. The van der Waals surface area contributed by atoms with Crippen LogP contribution in [0.1, 0.15) is 13.8 Å². The van der Waals surface area contributed by atoms with E-state index in [-0.39, 0.29) is 0 Å². The molecule has 0 saturated carbocycles. The summed E-state index contributed by atoms with van der Waals surface area (Å²) in [5, 5.41) is 3.21. The number of hydrogen-bond donors (Lipinski definition) is 1. The summed E-state index contributed by atoms with van der Waals surface area (Å²) < 4.78 is 5.43. The van der Waals surface area contributed by atoms with Gasteiger partial charge in [-0.3, -0.25) is 0 Å². The molecule has 0 spiro atoms. The molecular formula is C15H18N2O. The molecule has 0 unspecified atom stereocenters. The SMILES string of the molecule is CCNc1cccc(-c2ccc(OCC)cc2)n1. The molecule has 18 heavy (non-hydrogen) atoms. The van der Waals surface area contributed by atoms with Crippen LogP contribution in [0.4, 0.5) is 5.82 Å². The summed E-state index contributed by atoms with van der Waals surface area (Å²) in [6.45, 7) is 5.60. The topological polar surface area (TPSA) is 34.1 Å². The van der Waals surface area contributed by atoms with Crippen molar-refractivity contribution in [3.8, 4) is 17.0 Å². The van der Waals surface area contributed by atoms with Gasteiger partial charge >= 0.3 is 0 Å². The highest BCUT2D eigenvalue weighted by Gasteiger charge is 2.01. The van der Waals surface area contributed by atoms with Crippen LogP contribution >= 0.6 is 0 Å². The molecule has 1 aromatic heterocycles. The quantitative estimate of drug-likeness (QED) is 0.870. The van der Waals surface area contributed by atoms with Gasteiger partial charge in [-0.25, -0.2) is 4.98 Å². The normalized spacial score (nSPS) is 10.1. The van der Waals surface area contributed by atoms with Crippen LogP contribution in [0, 0.1) is 0 Å². The first-order valence-electron chi connectivity index (χ1n) is 6.27. The maximum Gasteiger partial charge on any atom is 0.126 e. The molecule has 1 aromatic carbocycles. The Bertz CT molecular complexity index is 494. The zero-order valence-corrected chi connectivity index (χ0v) is 10.8. The van der Waals surface area contributed by atoms with Crippen LogP contribution in [-0.4, -0.2) is 18.1 Å². The minimum Gasteiger partial charge on any atom is -0.494 e. The molecule has 1 heterocycles. The van der Waals surface area contributed by atoms with E-state index in [1.165, 1.54) is 0 Å². The minimum absolute atomic E-state index is 0.688. The summed E-state index contributed by atoms with van der Waals surface area (Å²) in [6, 6.07) is 14.0. The van der Waals surface area contributed by atoms with Crippen LogP contribution in [0.15, 0.2) is 42.5 Å². The minimum atomic E-state index is 0.688. The van der Waals surface area contributed by atoms with Crippen LogP contribution in [0.25, 0.3) is 11.3 Å². The molecule has 0 bridgehead atoms. The predicted molar refractivity (Wildman–Crippen MR) is 75.0 cm³/mol. The van der Waals surface area contributed by atoms with Crippen molar-refractivity contribution in [2.75, 3.05) is 18.5 Å². The molecule has 94 valence electrons. The number of nitrogens with one attached hydrogen (secondary N) is 1. The highest BCUT2D eigenvalue weighted by atomic mass is 16.5. The molecule has 0 amide bonds. The third kappa shape index (κ3) is 3.00. The van der Waals surface area contributed by atoms with Gasteiger partial charge in [0.2, 0.25) is 0 Å². The summed E-state index contributed by atoms with van der Waals surface area (Å²) in [6.07, 6.45) is 0. The zero-order valence-electron chi connectivity index (χ0n) is 10.8. The summed E-state index contributed by atoms with van der Waals surface area (Å²) in [5.74, 6) is 1.80. The molecule has 0 saturated heterocycles. The Balaban J connectivity index is 2.22. The third-order valence-corrected chi connectivity index (χ3v) is 2.57. The van der Waals surface area contributed by atoms with E-state index in [0.29, 0.717) is 6.61 Å². The van der Waals surface area contributed by atoms with E-state index >= 15 is 0 Å². The van der Waals surface area contributed by atoms with Crippen molar-refractivity contribution in [2.45, 2.75) is 13.8 Å². The van der Waals surface area contributed by atoms with E-state index in [1.54, 1.807) is 0 Å². The average Bonchev–Trinajstić information content (AvgIpc) is 2.41. The van der Waals surface area contributed by atoms with Crippen molar-refractivity contribution in [3.63, 3.8) is 0 Å². The van der Waals surface area contributed by atoms with Crippen molar-refractivity contribution < 1.29 is 4.74 Å². The fourth-order valence-electron chi connectivity index (χ4n) is 1.76. The van der Waals surface area contributed by atoms with E-state index < -0.39 is 0 Å². The van der Waals surface area contributed by atoms with Crippen molar-refractivity contribution in [1.29, 1.82) is 0 Å². The fraction of sp³-hybridized carbons (Fsp3) is 0.267. The number of anilines is 1. The number of aromatic nitrogens is 1. The lowest BCUT2D eigenvalue weighted by molar-refractivity contribution is 0.340. The predicted octanol–water partition coefficient (Wildman–Crippen LogP) is 3.58. The monoisotopic (exact) mass is 242 g/mol. The number of ether oxygens (including phenoxy) is 1. The Kier molecular flexibility index (Phi) is 4.18. The van der Waals surface area contributed by atoms with Gasteiger partial charge < -0.3 is 10.1 Å². The molecule has 0 aliphatic carbocycles. The summed E-state index contributed by atoms with van der Waals surface area (Å²) in [4.78, 5) is 4.56. The first-order valence-corrected chi connectivity index (χ1v) is 6.27. The lowest BCUT2D eigenvalue weighted by Crippen LogP contribution is -1.99. The van der Waals surface area contributed by atoms with E-state index in [0.717, 1.165) is 29.4 Å². The van der Waals surface area contributed by atoms with Crippen molar-refractivity contribution in [1.82, 2.24) is 4.98 Å². The molecular weight excluding hydrogens is 224 g/mol. The summed E-state index contributed by atoms with van der Waals surface area (Å²) in [7, 11) is 0. The van der Waals surface area contributed by atoms with E-state index in [1.807, 2.05) is 49.4 Å². The molecule has 0 aliphatic heterocycles. The number of pyridine rings is 1. The van der Waals surface area contributed by atoms with Crippen LogP contribution in [-0.2, 0) is 0 Å². The number of rotatable bonds is 5. The van der Waals surface area contributed by atoms with Gasteiger partial charge in [0.05, 0.1) is 12.3 Å². The second-order valence-electron chi connectivity index (χ2n) is 3.90. The van der Waals surface area contributed by atoms with Gasteiger partial charge in [0.1, 0.15) is 11.6 Å². The molecule has 3 nitrogen and oxygen atoms in total. The van der Waals surface area contributed by atoms with Crippen molar-refractivity contribution in [2.24, 2.45) is 0 Å². The number of benzene rings is 1. The molecule has 0 radical (unpaired) electrons. The maximum absolute atomic E-state index is 5.43. The van der Waals surface area contributed by atoms with Gasteiger partial charge in [-0.2, -0.15) is 0 Å². The van der Waals surface area contributed by atoms with Gasteiger partial charge in [0.25, 0.3) is 0 Å². The highest BCUT2D eigenvalue weighted by Crippen LogP contribution is 2.21. The standard InChI is InChI=1S/C15H18N2O/c1-3-16-15-7-5-6-14(17-15)12-8-10-13(11-9-12)18-4-2/h5-11H,3-4H2,1-2H3,(H,16,17).